The highest BCUT2D eigenvalue weighted by atomic mass is 16.6. The molecule has 4 aliphatic heterocycles. The number of nitrogens with zero attached hydrogens (tertiary/aromatic N) is 2. The molecule has 4 rings (SSSR count). The summed E-state index contributed by atoms with van der Waals surface area (Å²) < 4.78 is 13.7. The van der Waals surface area contributed by atoms with Crippen LogP contribution in [0.4, 0.5) is 0 Å². The number of hydrogen-bond donors (Lipinski definition) is 4. The zero-order chi connectivity index (χ0) is 36.7. The van der Waals surface area contributed by atoms with Crippen molar-refractivity contribution in [1.82, 2.24) is 0 Å². The van der Waals surface area contributed by atoms with Crippen LogP contribution < -0.4 is 0 Å². The quantitative estimate of drug-likeness (QED) is 0.0764. The molecule has 4 heterocycles. The number of esters is 2. The number of fused-ring (bicyclic) bond motifs is 2. The lowest BCUT2D eigenvalue weighted by Gasteiger charge is -2.36. The Morgan fingerprint density at radius 1 is 0.580 bits per heavy atom. The molecular weight excluding hydrogens is 636 g/mol. The monoisotopic (exact) mass is 711 g/mol. The Morgan fingerprint density at radius 2 is 0.920 bits per heavy atom. The van der Waals surface area contributed by atoms with Gasteiger partial charge in [0.05, 0.1) is 75.4 Å². The van der Waals surface area contributed by atoms with E-state index in [4.69, 9.17) is 9.47 Å². The molecule has 4 fully saturated rings. The molecule has 290 valence electrons. The van der Waals surface area contributed by atoms with Gasteiger partial charge in [-0.1, -0.05) is 53.4 Å². The van der Waals surface area contributed by atoms with E-state index < -0.39 is 47.2 Å². The van der Waals surface area contributed by atoms with Crippen molar-refractivity contribution in [3.8, 4) is 0 Å². The molecule has 10 nitrogen and oxygen atoms in total. The van der Waals surface area contributed by atoms with E-state index in [1.54, 1.807) is 27.7 Å². The van der Waals surface area contributed by atoms with Crippen molar-refractivity contribution in [2.75, 3.05) is 52.5 Å². The smallest absolute Gasteiger partial charge is 0.341 e. The number of hydrogen-bond acceptors (Lipinski definition) is 8. The van der Waals surface area contributed by atoms with Crippen LogP contribution >= 0.6 is 0 Å². The lowest BCUT2D eigenvalue weighted by Crippen LogP contribution is -2.54. The average Bonchev–Trinajstić information content (AvgIpc) is 3.83. The van der Waals surface area contributed by atoms with Gasteiger partial charge >= 0.3 is 11.9 Å². The fourth-order valence-electron chi connectivity index (χ4n) is 10.7. The summed E-state index contributed by atoms with van der Waals surface area (Å²) in [6.07, 6.45) is 14.9. The third-order valence-corrected chi connectivity index (χ3v) is 14.1. The molecule has 4 saturated heterocycles. The van der Waals surface area contributed by atoms with E-state index in [2.05, 4.69) is 0 Å². The number of ether oxygens (including phenoxy) is 2. The Hall–Kier alpha value is -1.30. The number of aliphatic hydroxyl groups excluding tert-OH is 2. The molecule has 0 aliphatic carbocycles. The molecule has 50 heavy (non-hydrogen) atoms. The Bertz CT molecular complexity index is 997. The highest BCUT2D eigenvalue weighted by Gasteiger charge is 2.54. The van der Waals surface area contributed by atoms with Gasteiger partial charge < -0.3 is 38.9 Å². The molecule has 4 aliphatic rings. The lowest BCUT2D eigenvalue weighted by molar-refractivity contribution is -0.929. The van der Waals surface area contributed by atoms with Gasteiger partial charge in [0.15, 0.2) is 11.2 Å². The van der Waals surface area contributed by atoms with E-state index in [0.717, 1.165) is 25.9 Å². The van der Waals surface area contributed by atoms with Crippen molar-refractivity contribution in [3.05, 3.63) is 0 Å². The molecule has 0 aromatic carbocycles. The standard InChI is InChI=1S/C40H74N2O8/c1-29(2)39(47,31(5)43)37(45)49-27-33-19-25-41(23-15-17-35(33)41)21-13-11-9-7-8-10-12-14-22-42-24-16-18-36(42)34(20-26-42)28-50-38(46)40(48,30(3)4)32(6)44/h29-36,43-44,47-48H,7-28H2,1-6H3/q+2/t31-,32-,33+,34+,35+,36+,39+,40+,41-,42-/m1/s1. The lowest BCUT2D eigenvalue weighted by atomic mass is 9.85. The predicted molar refractivity (Wildman–Crippen MR) is 194 cm³/mol. The number of rotatable bonds is 21. The molecular formula is C40H74N2O8+2. The topological polar surface area (TPSA) is 134 Å². The third kappa shape index (κ3) is 8.73. The Balaban J connectivity index is 1.08. The number of quaternary nitrogens is 2. The minimum atomic E-state index is -1.86. The third-order valence-electron chi connectivity index (χ3n) is 14.1. The molecule has 10 heteroatoms. The first-order valence-electron chi connectivity index (χ1n) is 20.5. The fourth-order valence-corrected chi connectivity index (χ4v) is 10.7. The van der Waals surface area contributed by atoms with Gasteiger partial charge in [0.1, 0.15) is 13.2 Å². The van der Waals surface area contributed by atoms with Gasteiger partial charge in [-0.25, -0.2) is 9.59 Å². The van der Waals surface area contributed by atoms with Gasteiger partial charge in [0.2, 0.25) is 0 Å². The highest BCUT2D eigenvalue weighted by Crippen LogP contribution is 2.42. The highest BCUT2D eigenvalue weighted by molar-refractivity contribution is 5.81. The van der Waals surface area contributed by atoms with Crippen LogP contribution in [0, 0.1) is 23.7 Å². The van der Waals surface area contributed by atoms with Crippen molar-refractivity contribution in [2.24, 2.45) is 23.7 Å². The predicted octanol–water partition coefficient (Wildman–Crippen LogP) is 4.73. The zero-order valence-electron chi connectivity index (χ0n) is 32.5. The molecule has 0 aromatic heterocycles. The van der Waals surface area contributed by atoms with Crippen LogP contribution in [0.25, 0.3) is 0 Å². The molecule has 0 saturated carbocycles. The first-order chi connectivity index (χ1) is 23.6. The van der Waals surface area contributed by atoms with Crippen LogP contribution in [0.5, 0.6) is 0 Å². The number of aliphatic hydroxyl groups is 4. The molecule has 0 amide bonds. The van der Waals surface area contributed by atoms with Crippen LogP contribution in [-0.4, -0.2) is 129 Å². The van der Waals surface area contributed by atoms with Gasteiger partial charge in [-0.15, -0.1) is 0 Å². The van der Waals surface area contributed by atoms with Crippen molar-refractivity contribution >= 4 is 11.9 Å². The normalized spacial score (nSPS) is 32.8. The minimum absolute atomic E-state index is 0.337. The van der Waals surface area contributed by atoms with Crippen LogP contribution in [0.1, 0.15) is 131 Å². The van der Waals surface area contributed by atoms with E-state index in [1.165, 1.54) is 126 Å². The Morgan fingerprint density at radius 3 is 1.24 bits per heavy atom. The van der Waals surface area contributed by atoms with Crippen LogP contribution in [0.3, 0.4) is 0 Å². The number of carbonyl (C=O) groups is 2. The van der Waals surface area contributed by atoms with Crippen LogP contribution in [0.15, 0.2) is 0 Å². The van der Waals surface area contributed by atoms with Crippen LogP contribution in [0.2, 0.25) is 0 Å². The van der Waals surface area contributed by atoms with Gasteiger partial charge in [-0.3, -0.25) is 0 Å². The summed E-state index contributed by atoms with van der Waals surface area (Å²) in [6, 6.07) is 1.09. The summed E-state index contributed by atoms with van der Waals surface area (Å²) >= 11 is 0. The fraction of sp³-hybridized carbons (Fsp3) is 0.950. The average molecular weight is 711 g/mol. The second kappa shape index (κ2) is 17.7. The molecule has 0 aromatic rings. The maximum absolute atomic E-state index is 12.8. The van der Waals surface area contributed by atoms with Crippen molar-refractivity contribution in [3.63, 3.8) is 0 Å². The van der Waals surface area contributed by atoms with E-state index in [1.807, 2.05) is 0 Å². The van der Waals surface area contributed by atoms with E-state index >= 15 is 0 Å². The van der Waals surface area contributed by atoms with Gasteiger partial charge in [-0.05, 0) is 51.4 Å². The van der Waals surface area contributed by atoms with Gasteiger partial charge in [0.25, 0.3) is 0 Å². The number of unbranched alkanes of at least 4 members (excludes halogenated alkanes) is 7. The second-order valence-electron chi connectivity index (χ2n) is 17.6. The maximum Gasteiger partial charge on any atom is 0.341 e. The Labute approximate surface area is 303 Å². The summed E-state index contributed by atoms with van der Waals surface area (Å²) in [5.41, 5.74) is -3.72. The summed E-state index contributed by atoms with van der Waals surface area (Å²) in [6.45, 7) is 17.8. The first-order valence-corrected chi connectivity index (χ1v) is 20.5. The summed E-state index contributed by atoms with van der Waals surface area (Å²) in [5.74, 6) is -1.55. The number of carbonyl (C=O) groups excluding carboxylic acids is 2. The molecule has 10 atom stereocenters. The Kier molecular flexibility index (Phi) is 14.7. The molecule has 0 spiro atoms. The van der Waals surface area contributed by atoms with E-state index in [-0.39, 0.29) is 0 Å². The van der Waals surface area contributed by atoms with Crippen LogP contribution in [-0.2, 0) is 19.1 Å². The largest absolute Gasteiger partial charge is 0.463 e. The molecule has 4 N–H and O–H groups in total. The summed E-state index contributed by atoms with van der Waals surface area (Å²) in [7, 11) is 0. The second-order valence-corrected chi connectivity index (χ2v) is 17.6. The molecule has 0 bridgehead atoms. The van der Waals surface area contributed by atoms with E-state index in [9.17, 15) is 30.0 Å². The SMILES string of the molecule is CC(C)[C@@](O)(C(=O)OC[C@@H]1CC[N@@+]2(CCCCCCCCCC[N@+]34CCC[C@H]3[C@H](COC(=O)[C@](O)(C(C)C)[C@@H](C)O)CC4)CCC[C@@H]12)[C@@H](C)O. The summed E-state index contributed by atoms with van der Waals surface area (Å²) in [5, 5.41) is 41.8. The maximum atomic E-state index is 12.8. The molecule has 0 unspecified atom stereocenters. The van der Waals surface area contributed by atoms with E-state index in [0.29, 0.717) is 37.1 Å². The van der Waals surface area contributed by atoms with Crippen molar-refractivity contribution in [2.45, 2.75) is 167 Å². The zero-order valence-corrected chi connectivity index (χ0v) is 32.5. The van der Waals surface area contributed by atoms with Crippen molar-refractivity contribution in [1.29, 1.82) is 0 Å². The molecule has 0 radical (unpaired) electrons. The summed E-state index contributed by atoms with van der Waals surface area (Å²) in [4.78, 5) is 25.6. The minimum Gasteiger partial charge on any atom is -0.463 e. The van der Waals surface area contributed by atoms with Gasteiger partial charge in [-0.2, -0.15) is 0 Å². The van der Waals surface area contributed by atoms with Gasteiger partial charge in [0, 0.05) is 38.5 Å². The van der Waals surface area contributed by atoms with Crippen molar-refractivity contribution < 1.29 is 48.5 Å². The first kappa shape index (κ1) is 41.5.